The number of aromatic nitrogens is 1. The van der Waals surface area contributed by atoms with Crippen LogP contribution >= 0.6 is 11.3 Å². The molecule has 3 aromatic rings. The second-order valence-corrected chi connectivity index (χ2v) is 6.06. The number of amides is 1. The van der Waals surface area contributed by atoms with Gasteiger partial charge in [0, 0.05) is 18.5 Å². The van der Waals surface area contributed by atoms with Gasteiger partial charge in [-0.2, -0.15) is 0 Å². The number of nitrogens with one attached hydrogen (secondary N) is 1. The molecule has 0 aliphatic rings. The predicted molar refractivity (Wildman–Crippen MR) is 86.8 cm³/mol. The summed E-state index contributed by atoms with van der Waals surface area (Å²) in [6.07, 6.45) is 0.761. The lowest BCUT2D eigenvalue weighted by Crippen LogP contribution is -2.25. The van der Waals surface area contributed by atoms with E-state index in [2.05, 4.69) is 16.4 Å². The van der Waals surface area contributed by atoms with Crippen LogP contribution in [-0.4, -0.2) is 17.4 Å². The maximum absolute atomic E-state index is 12.0. The van der Waals surface area contributed by atoms with Gasteiger partial charge in [0.15, 0.2) is 0 Å². The first-order valence-corrected chi connectivity index (χ1v) is 7.73. The molecule has 1 aromatic heterocycles. The van der Waals surface area contributed by atoms with E-state index in [0.717, 1.165) is 22.5 Å². The molecule has 0 fully saturated rings. The molecule has 3 nitrogen and oxygen atoms in total. The number of rotatable bonds is 4. The Kier molecular flexibility index (Phi) is 3.97. The summed E-state index contributed by atoms with van der Waals surface area (Å²) in [6.45, 7) is 2.61. The average molecular weight is 296 g/mol. The molecule has 106 valence electrons. The number of carbonyl (C=O) groups excluding carboxylic acids is 1. The zero-order valence-corrected chi connectivity index (χ0v) is 12.6. The van der Waals surface area contributed by atoms with Crippen LogP contribution in [0.15, 0.2) is 48.5 Å². The molecule has 0 aliphatic heterocycles. The lowest BCUT2D eigenvalue weighted by molar-refractivity contribution is 0.0954. The Hall–Kier alpha value is -2.20. The monoisotopic (exact) mass is 296 g/mol. The number of para-hydroxylation sites is 1. The van der Waals surface area contributed by atoms with Gasteiger partial charge in [-0.3, -0.25) is 4.79 Å². The van der Waals surface area contributed by atoms with E-state index in [0.29, 0.717) is 12.1 Å². The molecule has 21 heavy (non-hydrogen) atoms. The van der Waals surface area contributed by atoms with Crippen molar-refractivity contribution in [3.63, 3.8) is 0 Å². The highest BCUT2D eigenvalue weighted by Gasteiger charge is 2.06. The van der Waals surface area contributed by atoms with E-state index in [-0.39, 0.29) is 5.91 Å². The molecule has 1 N–H and O–H groups in total. The molecule has 0 saturated heterocycles. The fourth-order valence-corrected chi connectivity index (χ4v) is 3.08. The molecule has 0 bridgehead atoms. The molecular weight excluding hydrogens is 280 g/mol. The van der Waals surface area contributed by atoms with Crippen molar-refractivity contribution in [2.45, 2.75) is 13.3 Å². The number of thiazole rings is 1. The van der Waals surface area contributed by atoms with E-state index in [1.165, 1.54) is 4.70 Å². The van der Waals surface area contributed by atoms with E-state index < -0.39 is 0 Å². The zero-order valence-electron chi connectivity index (χ0n) is 11.8. The minimum absolute atomic E-state index is 0.0314. The first-order valence-electron chi connectivity index (χ1n) is 6.92. The molecular formula is C17H16N2OS. The Bertz CT molecular complexity index is 729. The number of hydrogen-bond acceptors (Lipinski definition) is 3. The number of fused-ring (bicyclic) bond motifs is 1. The van der Waals surface area contributed by atoms with Gasteiger partial charge in [0.2, 0.25) is 0 Å². The zero-order chi connectivity index (χ0) is 14.7. The third-order valence-electron chi connectivity index (χ3n) is 3.28. The van der Waals surface area contributed by atoms with Gasteiger partial charge in [-0.1, -0.05) is 29.8 Å². The summed E-state index contributed by atoms with van der Waals surface area (Å²) >= 11 is 1.68. The van der Waals surface area contributed by atoms with Gasteiger partial charge < -0.3 is 5.32 Å². The summed E-state index contributed by atoms with van der Waals surface area (Å²) in [5.74, 6) is -0.0314. The summed E-state index contributed by atoms with van der Waals surface area (Å²) in [5.41, 5.74) is 2.88. The average Bonchev–Trinajstić information content (AvgIpc) is 2.90. The standard InChI is InChI=1S/C17H16N2OS/c1-12-6-8-13(9-7-12)17(20)18-11-10-16-19-14-4-2-3-5-15(14)21-16/h2-9H,10-11H2,1H3,(H,18,20). The molecule has 0 spiro atoms. The molecule has 4 heteroatoms. The van der Waals surface area contributed by atoms with E-state index in [9.17, 15) is 4.79 Å². The van der Waals surface area contributed by atoms with Crippen LogP contribution in [0.4, 0.5) is 0 Å². The minimum Gasteiger partial charge on any atom is -0.352 e. The largest absolute Gasteiger partial charge is 0.352 e. The fourth-order valence-electron chi connectivity index (χ4n) is 2.12. The highest BCUT2D eigenvalue weighted by Crippen LogP contribution is 2.21. The summed E-state index contributed by atoms with van der Waals surface area (Å²) < 4.78 is 1.19. The molecule has 0 unspecified atom stereocenters. The predicted octanol–water partition coefficient (Wildman–Crippen LogP) is 3.58. The van der Waals surface area contributed by atoms with Gasteiger partial charge >= 0.3 is 0 Å². The van der Waals surface area contributed by atoms with Crippen molar-refractivity contribution in [1.29, 1.82) is 0 Å². The number of benzene rings is 2. The number of carbonyl (C=O) groups is 1. The van der Waals surface area contributed by atoms with Crippen LogP contribution in [0.25, 0.3) is 10.2 Å². The lowest BCUT2D eigenvalue weighted by Gasteiger charge is -2.04. The normalized spacial score (nSPS) is 10.7. The molecule has 1 heterocycles. The smallest absolute Gasteiger partial charge is 0.251 e. The van der Waals surface area contributed by atoms with Gasteiger partial charge in [0.25, 0.3) is 5.91 Å². The topological polar surface area (TPSA) is 42.0 Å². The van der Waals surface area contributed by atoms with Gasteiger partial charge in [-0.15, -0.1) is 11.3 Å². The SMILES string of the molecule is Cc1ccc(C(=O)NCCc2nc3ccccc3s2)cc1. The Morgan fingerprint density at radius 3 is 2.67 bits per heavy atom. The highest BCUT2D eigenvalue weighted by atomic mass is 32.1. The quantitative estimate of drug-likeness (QED) is 0.799. The van der Waals surface area contributed by atoms with Gasteiger partial charge in [-0.25, -0.2) is 4.98 Å². The van der Waals surface area contributed by atoms with E-state index in [4.69, 9.17) is 0 Å². The van der Waals surface area contributed by atoms with E-state index in [1.54, 1.807) is 11.3 Å². The first-order chi connectivity index (χ1) is 10.2. The van der Waals surface area contributed by atoms with Crippen LogP contribution in [0.1, 0.15) is 20.9 Å². The van der Waals surface area contributed by atoms with Crippen molar-refractivity contribution >= 4 is 27.5 Å². The number of hydrogen-bond donors (Lipinski definition) is 1. The molecule has 1 amide bonds. The summed E-state index contributed by atoms with van der Waals surface area (Å²) in [7, 11) is 0. The first kappa shape index (κ1) is 13.8. The Balaban J connectivity index is 1.58. The third-order valence-corrected chi connectivity index (χ3v) is 4.37. The minimum atomic E-state index is -0.0314. The molecule has 3 rings (SSSR count). The Morgan fingerprint density at radius 2 is 1.90 bits per heavy atom. The van der Waals surface area contributed by atoms with Crippen LogP contribution in [0, 0.1) is 6.92 Å². The van der Waals surface area contributed by atoms with Crippen LogP contribution in [0.5, 0.6) is 0 Å². The van der Waals surface area contributed by atoms with Gasteiger partial charge in [-0.05, 0) is 31.2 Å². The Morgan fingerprint density at radius 1 is 1.14 bits per heavy atom. The van der Waals surface area contributed by atoms with Crippen molar-refractivity contribution in [3.8, 4) is 0 Å². The Labute approximate surface area is 127 Å². The molecule has 2 aromatic carbocycles. The van der Waals surface area contributed by atoms with Crippen LogP contribution in [0.3, 0.4) is 0 Å². The van der Waals surface area contributed by atoms with Crippen molar-refractivity contribution < 1.29 is 4.79 Å². The van der Waals surface area contributed by atoms with Crippen molar-refractivity contribution in [1.82, 2.24) is 10.3 Å². The summed E-state index contributed by atoms with van der Waals surface area (Å²) in [6, 6.07) is 15.7. The second kappa shape index (κ2) is 6.06. The maximum Gasteiger partial charge on any atom is 0.251 e. The molecule has 0 saturated carbocycles. The van der Waals surface area contributed by atoms with Crippen molar-refractivity contribution in [3.05, 3.63) is 64.7 Å². The van der Waals surface area contributed by atoms with Gasteiger partial charge in [0.05, 0.1) is 15.2 Å². The lowest BCUT2D eigenvalue weighted by atomic mass is 10.1. The summed E-state index contributed by atoms with van der Waals surface area (Å²) in [5, 5.41) is 3.99. The summed E-state index contributed by atoms with van der Waals surface area (Å²) in [4.78, 5) is 16.6. The van der Waals surface area contributed by atoms with Crippen LogP contribution in [0.2, 0.25) is 0 Å². The molecule has 0 atom stereocenters. The van der Waals surface area contributed by atoms with Crippen LogP contribution in [-0.2, 0) is 6.42 Å². The van der Waals surface area contributed by atoms with Crippen LogP contribution < -0.4 is 5.32 Å². The molecule has 0 radical (unpaired) electrons. The van der Waals surface area contributed by atoms with Crippen molar-refractivity contribution in [2.75, 3.05) is 6.54 Å². The molecule has 0 aliphatic carbocycles. The van der Waals surface area contributed by atoms with Crippen molar-refractivity contribution in [2.24, 2.45) is 0 Å². The number of nitrogens with zero attached hydrogens (tertiary/aromatic N) is 1. The fraction of sp³-hybridized carbons (Fsp3) is 0.176. The second-order valence-electron chi connectivity index (χ2n) is 4.95. The van der Waals surface area contributed by atoms with E-state index in [1.807, 2.05) is 49.4 Å². The van der Waals surface area contributed by atoms with Gasteiger partial charge in [0.1, 0.15) is 0 Å². The van der Waals surface area contributed by atoms with E-state index >= 15 is 0 Å². The third kappa shape index (κ3) is 3.28. The highest BCUT2D eigenvalue weighted by molar-refractivity contribution is 7.18. The number of aryl methyl sites for hydroxylation is 1. The maximum atomic E-state index is 12.0.